The highest BCUT2D eigenvalue weighted by Crippen LogP contribution is 2.32. The number of ether oxygens (including phenoxy) is 1. The highest BCUT2D eigenvalue weighted by molar-refractivity contribution is 6.83. The number of nitrogens with one attached hydrogen (secondary N) is 1. The van der Waals surface area contributed by atoms with Crippen LogP contribution >= 0.6 is 0 Å². The maximum absolute atomic E-state index is 12.5. The Bertz CT molecular complexity index is 924. The monoisotopic (exact) mass is 409 g/mol. The summed E-state index contributed by atoms with van der Waals surface area (Å²) in [6, 6.07) is 8.11. The van der Waals surface area contributed by atoms with Gasteiger partial charge in [-0.05, 0) is 45.7 Å². The molecule has 29 heavy (non-hydrogen) atoms. The molecule has 1 aliphatic rings. The van der Waals surface area contributed by atoms with Crippen molar-refractivity contribution in [3.8, 4) is 22.7 Å². The summed E-state index contributed by atoms with van der Waals surface area (Å²) in [5, 5.41) is 0. The lowest BCUT2D eigenvalue weighted by atomic mass is 10.1. The number of aromatic amines is 1. The first-order valence-electron chi connectivity index (χ1n) is 10.2. The Hall–Kier alpha value is -2.52. The Labute approximate surface area is 174 Å². The molecule has 1 aromatic carbocycles. The zero-order valence-corrected chi connectivity index (χ0v) is 19.3. The normalized spacial score (nSPS) is 17.0. The molecule has 2 aromatic rings. The molecule has 0 aliphatic carbocycles. The van der Waals surface area contributed by atoms with Gasteiger partial charge in [0.1, 0.15) is 19.5 Å². The molecule has 1 atom stereocenters. The van der Waals surface area contributed by atoms with Gasteiger partial charge in [-0.2, -0.15) is 0 Å². The average molecular weight is 410 g/mol. The van der Waals surface area contributed by atoms with Crippen molar-refractivity contribution in [2.24, 2.45) is 0 Å². The van der Waals surface area contributed by atoms with E-state index in [4.69, 9.17) is 9.72 Å². The van der Waals surface area contributed by atoms with Crippen LogP contribution in [-0.2, 0) is 4.74 Å². The van der Waals surface area contributed by atoms with Gasteiger partial charge in [0.25, 0.3) is 0 Å². The van der Waals surface area contributed by atoms with Crippen molar-refractivity contribution >= 4 is 14.2 Å². The smallest absolute Gasteiger partial charge is 0.410 e. The maximum Gasteiger partial charge on any atom is 0.410 e. The summed E-state index contributed by atoms with van der Waals surface area (Å²) in [6.45, 7) is 13.1. The summed E-state index contributed by atoms with van der Waals surface area (Å²) in [5.74, 6) is 4.09. The first-order valence-corrected chi connectivity index (χ1v) is 13.7. The average Bonchev–Trinajstić information content (AvgIpc) is 3.27. The number of hydrogen-bond donors (Lipinski definition) is 1. The molecule has 0 spiro atoms. The van der Waals surface area contributed by atoms with Gasteiger partial charge in [-0.25, -0.2) is 9.78 Å². The maximum atomic E-state index is 12.5. The molecular formula is C23H31N3O2Si. The molecule has 1 N–H and O–H groups in total. The van der Waals surface area contributed by atoms with E-state index in [0.29, 0.717) is 6.54 Å². The van der Waals surface area contributed by atoms with Crippen LogP contribution in [0.25, 0.3) is 11.3 Å². The van der Waals surface area contributed by atoms with Gasteiger partial charge in [-0.1, -0.05) is 37.7 Å². The Balaban J connectivity index is 1.74. The number of H-pyrrole nitrogens is 1. The van der Waals surface area contributed by atoms with Crippen molar-refractivity contribution in [1.82, 2.24) is 14.9 Å². The highest BCUT2D eigenvalue weighted by Gasteiger charge is 2.34. The van der Waals surface area contributed by atoms with Gasteiger partial charge in [0.05, 0.1) is 11.7 Å². The van der Waals surface area contributed by atoms with E-state index >= 15 is 0 Å². The van der Waals surface area contributed by atoms with E-state index in [9.17, 15) is 4.79 Å². The van der Waals surface area contributed by atoms with Crippen molar-refractivity contribution in [3.05, 3.63) is 41.9 Å². The fourth-order valence-corrected chi connectivity index (χ4v) is 3.75. The van der Waals surface area contributed by atoms with Crippen molar-refractivity contribution in [2.45, 2.75) is 64.9 Å². The van der Waals surface area contributed by atoms with Crippen LogP contribution in [0.5, 0.6) is 0 Å². The Morgan fingerprint density at radius 3 is 2.55 bits per heavy atom. The second-order valence-electron chi connectivity index (χ2n) is 9.58. The molecule has 1 fully saturated rings. The van der Waals surface area contributed by atoms with Crippen LogP contribution in [0.15, 0.2) is 30.5 Å². The van der Waals surface area contributed by atoms with Crippen molar-refractivity contribution in [2.75, 3.05) is 6.54 Å². The van der Waals surface area contributed by atoms with Crippen molar-refractivity contribution in [1.29, 1.82) is 0 Å². The predicted octanol–water partition coefficient (Wildman–Crippen LogP) is 5.38. The highest BCUT2D eigenvalue weighted by atomic mass is 28.3. The molecular weight excluding hydrogens is 378 g/mol. The van der Waals surface area contributed by atoms with E-state index in [1.165, 1.54) is 0 Å². The number of hydrogen-bond acceptors (Lipinski definition) is 3. The summed E-state index contributed by atoms with van der Waals surface area (Å²) in [7, 11) is -1.38. The van der Waals surface area contributed by atoms with Crippen LogP contribution in [0.3, 0.4) is 0 Å². The van der Waals surface area contributed by atoms with Gasteiger partial charge < -0.3 is 9.72 Å². The van der Waals surface area contributed by atoms with Gasteiger partial charge in [0, 0.05) is 23.9 Å². The third-order valence-corrected chi connectivity index (χ3v) is 5.43. The number of benzene rings is 1. The Kier molecular flexibility index (Phi) is 5.90. The van der Waals surface area contributed by atoms with Crippen LogP contribution < -0.4 is 0 Å². The fourth-order valence-electron chi connectivity index (χ4n) is 3.23. The molecule has 2 heterocycles. The third kappa shape index (κ3) is 5.74. The first-order chi connectivity index (χ1) is 13.5. The molecule has 6 heteroatoms. The Morgan fingerprint density at radius 1 is 1.24 bits per heavy atom. The number of likely N-dealkylation sites (tertiary alicyclic amines) is 1. The van der Waals surface area contributed by atoms with E-state index in [2.05, 4.69) is 48.2 Å². The van der Waals surface area contributed by atoms with E-state index in [0.717, 1.165) is 35.5 Å². The van der Waals surface area contributed by atoms with Crippen LogP contribution in [-0.4, -0.2) is 41.2 Å². The Morgan fingerprint density at radius 2 is 1.93 bits per heavy atom. The summed E-state index contributed by atoms with van der Waals surface area (Å²) in [5.41, 5.74) is 5.82. The number of rotatable bonds is 2. The number of amides is 1. The number of imidazole rings is 1. The minimum Gasteiger partial charge on any atom is -0.444 e. The zero-order valence-electron chi connectivity index (χ0n) is 18.3. The second-order valence-corrected chi connectivity index (χ2v) is 14.3. The minimum atomic E-state index is -1.38. The van der Waals surface area contributed by atoms with Crippen LogP contribution in [0, 0.1) is 11.5 Å². The lowest BCUT2D eigenvalue weighted by Gasteiger charge is -2.27. The predicted molar refractivity (Wildman–Crippen MR) is 119 cm³/mol. The summed E-state index contributed by atoms with van der Waals surface area (Å²) < 4.78 is 5.56. The SMILES string of the molecule is CC(C)(C)OC(=O)N1CCCC1c1nc(-c2ccc(C#C[Si](C)(C)C)cc2)c[nH]1. The number of nitrogens with zero attached hydrogens (tertiary/aromatic N) is 2. The molecule has 1 aromatic heterocycles. The molecule has 1 saturated heterocycles. The molecule has 0 bridgehead atoms. The van der Waals surface area contributed by atoms with E-state index in [-0.39, 0.29) is 12.1 Å². The van der Waals surface area contributed by atoms with Gasteiger partial charge in [0.15, 0.2) is 0 Å². The third-order valence-electron chi connectivity index (χ3n) is 4.56. The van der Waals surface area contributed by atoms with E-state index < -0.39 is 13.7 Å². The number of aromatic nitrogens is 2. The van der Waals surface area contributed by atoms with Crippen molar-refractivity contribution < 1.29 is 9.53 Å². The lowest BCUT2D eigenvalue weighted by Crippen LogP contribution is -2.36. The molecule has 1 amide bonds. The van der Waals surface area contributed by atoms with Crippen LogP contribution in [0.2, 0.25) is 19.6 Å². The molecule has 0 saturated carbocycles. The lowest BCUT2D eigenvalue weighted by molar-refractivity contribution is 0.0218. The fraction of sp³-hybridized carbons (Fsp3) is 0.478. The molecule has 1 unspecified atom stereocenters. The van der Waals surface area contributed by atoms with Crippen LogP contribution in [0.4, 0.5) is 4.79 Å². The molecule has 0 radical (unpaired) electrons. The largest absolute Gasteiger partial charge is 0.444 e. The standard InChI is InChI=1S/C23H31N3O2Si/c1-23(2,3)28-22(27)26-14-7-8-20(26)21-24-16-19(25-21)18-11-9-17(10-12-18)13-15-29(4,5)6/h9-12,16,20H,7-8,14H2,1-6H3,(H,24,25). The van der Waals surface area contributed by atoms with Gasteiger partial charge in [0.2, 0.25) is 0 Å². The minimum absolute atomic E-state index is 0.0690. The van der Waals surface area contributed by atoms with Gasteiger partial charge in [-0.3, -0.25) is 4.90 Å². The van der Waals surface area contributed by atoms with Gasteiger partial charge >= 0.3 is 6.09 Å². The quantitative estimate of drug-likeness (QED) is 0.535. The molecule has 3 rings (SSSR count). The van der Waals surface area contributed by atoms with E-state index in [1.54, 1.807) is 4.90 Å². The van der Waals surface area contributed by atoms with Crippen LogP contribution in [0.1, 0.15) is 51.0 Å². The molecule has 5 nitrogen and oxygen atoms in total. The zero-order chi connectivity index (χ0) is 21.2. The molecule has 1 aliphatic heterocycles. The van der Waals surface area contributed by atoms with E-state index in [1.807, 2.05) is 39.1 Å². The topological polar surface area (TPSA) is 58.2 Å². The first kappa shape index (κ1) is 21.2. The molecule has 154 valence electrons. The summed E-state index contributed by atoms with van der Waals surface area (Å²) in [6.07, 6.45) is 3.47. The van der Waals surface area contributed by atoms with Crippen molar-refractivity contribution in [3.63, 3.8) is 0 Å². The van der Waals surface area contributed by atoms with Gasteiger partial charge in [-0.15, -0.1) is 5.54 Å². The number of carbonyl (C=O) groups is 1. The number of carbonyl (C=O) groups excluding carboxylic acids is 1. The summed E-state index contributed by atoms with van der Waals surface area (Å²) in [4.78, 5) is 22.4. The summed E-state index contributed by atoms with van der Waals surface area (Å²) >= 11 is 0. The second kappa shape index (κ2) is 8.07.